The number of hydrogen-bond donors (Lipinski definition) is 0. The van der Waals surface area contributed by atoms with E-state index in [0.29, 0.717) is 6.61 Å². The maximum absolute atomic E-state index is 5.17. The molecule has 0 unspecified atom stereocenters. The Bertz CT molecular complexity index is 605. The molecule has 0 saturated heterocycles. The van der Waals surface area contributed by atoms with E-state index in [1.54, 1.807) is 7.11 Å². The van der Waals surface area contributed by atoms with Crippen LogP contribution < -0.4 is 10.4 Å². The number of ether oxygens (including phenoxy) is 1. The van der Waals surface area contributed by atoms with Gasteiger partial charge in [-0.2, -0.15) is 0 Å². The van der Waals surface area contributed by atoms with Gasteiger partial charge in [0.2, 0.25) is 8.07 Å². The van der Waals surface area contributed by atoms with E-state index in [1.807, 2.05) is 0 Å². The summed E-state index contributed by atoms with van der Waals surface area (Å²) < 4.78 is 5.17. The summed E-state index contributed by atoms with van der Waals surface area (Å²) in [5.41, 5.74) is 3.67. The van der Waals surface area contributed by atoms with Crippen molar-refractivity contribution in [3.05, 3.63) is 60.7 Å². The van der Waals surface area contributed by atoms with Crippen molar-refractivity contribution in [2.75, 3.05) is 13.7 Å². The zero-order valence-electron chi connectivity index (χ0n) is 13.9. The van der Waals surface area contributed by atoms with Crippen LogP contribution in [0.15, 0.2) is 60.7 Å². The molecule has 0 saturated carbocycles. The first-order chi connectivity index (χ1) is 10.5. The Balaban J connectivity index is 2.74. The van der Waals surface area contributed by atoms with Crippen LogP contribution in [0.3, 0.4) is 0 Å². The van der Waals surface area contributed by atoms with Gasteiger partial charge in [0.15, 0.2) is 0 Å². The van der Waals surface area contributed by atoms with Gasteiger partial charge in [-0.1, -0.05) is 87.4 Å². The Hall–Kier alpha value is -1.82. The van der Waals surface area contributed by atoms with E-state index in [9.17, 15) is 0 Å². The molecule has 22 heavy (non-hydrogen) atoms. The predicted octanol–water partition coefficient (Wildman–Crippen LogP) is 3.24. The third-order valence-electron chi connectivity index (χ3n) is 4.03. The molecule has 0 fully saturated rings. The first-order valence-electron chi connectivity index (χ1n) is 7.62. The van der Waals surface area contributed by atoms with Crippen LogP contribution in [-0.4, -0.2) is 21.8 Å². The largest absolute Gasteiger partial charge is 0.372 e. The highest BCUT2D eigenvalue weighted by atomic mass is 28.3. The normalized spacial score (nSPS) is 11.6. The maximum Gasteiger partial charge on any atom is 0.204 e. The van der Waals surface area contributed by atoms with E-state index < -0.39 is 8.07 Å². The molecule has 0 N–H and O–H groups in total. The van der Waals surface area contributed by atoms with E-state index in [0.717, 1.165) is 0 Å². The average molecular weight is 308 g/mol. The van der Waals surface area contributed by atoms with Crippen molar-refractivity contribution < 1.29 is 4.74 Å². The van der Waals surface area contributed by atoms with Crippen molar-refractivity contribution in [2.24, 2.45) is 0 Å². The monoisotopic (exact) mass is 308 g/mol. The van der Waals surface area contributed by atoms with Gasteiger partial charge in [-0.05, 0) is 15.4 Å². The molecule has 0 atom stereocenters. The number of hydrogen-bond acceptors (Lipinski definition) is 1. The SMILES string of the molecule is COCC#C[Si](c1ccccc1)(c1ccccc1)C(C)(C)C. The van der Waals surface area contributed by atoms with Gasteiger partial charge in [-0.3, -0.25) is 0 Å². The molecule has 1 nitrogen and oxygen atoms in total. The fraction of sp³-hybridized carbons (Fsp3) is 0.300. The molecular weight excluding hydrogens is 284 g/mol. The highest BCUT2D eigenvalue weighted by molar-refractivity contribution is 7.10. The number of methoxy groups -OCH3 is 1. The summed E-state index contributed by atoms with van der Waals surface area (Å²) >= 11 is 0. The minimum atomic E-state index is -2.23. The van der Waals surface area contributed by atoms with Gasteiger partial charge in [0.25, 0.3) is 0 Å². The summed E-state index contributed by atoms with van der Waals surface area (Å²) in [4.78, 5) is 0. The third kappa shape index (κ3) is 3.16. The maximum atomic E-state index is 5.17. The molecule has 0 aliphatic rings. The third-order valence-corrected chi connectivity index (χ3v) is 9.23. The Morgan fingerprint density at radius 1 is 0.864 bits per heavy atom. The molecule has 2 aromatic rings. The van der Waals surface area contributed by atoms with Crippen molar-refractivity contribution in [1.29, 1.82) is 0 Å². The van der Waals surface area contributed by atoms with Gasteiger partial charge in [0.05, 0.1) is 0 Å². The van der Waals surface area contributed by atoms with E-state index in [-0.39, 0.29) is 5.04 Å². The Kier molecular flexibility index (Phi) is 5.23. The minimum absolute atomic E-state index is 0.0798. The van der Waals surface area contributed by atoms with Gasteiger partial charge in [-0.15, -0.1) is 5.54 Å². The summed E-state index contributed by atoms with van der Waals surface area (Å²) in [5, 5.41) is 2.80. The topological polar surface area (TPSA) is 9.23 Å². The molecule has 0 aliphatic heterocycles. The molecule has 114 valence electrons. The molecule has 2 aromatic carbocycles. The van der Waals surface area contributed by atoms with Crippen LogP contribution in [0, 0.1) is 11.5 Å². The second-order valence-corrected chi connectivity index (χ2v) is 10.9. The lowest BCUT2D eigenvalue weighted by molar-refractivity contribution is 0.240. The first kappa shape index (κ1) is 16.5. The Morgan fingerprint density at radius 3 is 1.68 bits per heavy atom. The molecule has 0 heterocycles. The van der Waals surface area contributed by atoms with Gasteiger partial charge >= 0.3 is 0 Å². The summed E-state index contributed by atoms with van der Waals surface area (Å²) in [6.07, 6.45) is 0. The van der Waals surface area contributed by atoms with E-state index >= 15 is 0 Å². The van der Waals surface area contributed by atoms with Crippen LogP contribution in [0.2, 0.25) is 5.04 Å². The van der Waals surface area contributed by atoms with E-state index in [4.69, 9.17) is 4.74 Å². The average Bonchev–Trinajstić information content (AvgIpc) is 2.52. The highest BCUT2D eigenvalue weighted by Crippen LogP contribution is 2.35. The van der Waals surface area contributed by atoms with Gasteiger partial charge in [-0.25, -0.2) is 0 Å². The lowest BCUT2D eigenvalue weighted by Crippen LogP contribution is -2.63. The molecule has 0 radical (unpaired) electrons. The van der Waals surface area contributed by atoms with Gasteiger partial charge in [0, 0.05) is 7.11 Å². The molecule has 0 aliphatic carbocycles. The highest BCUT2D eigenvalue weighted by Gasteiger charge is 2.46. The van der Waals surface area contributed by atoms with Crippen LogP contribution in [0.25, 0.3) is 0 Å². The van der Waals surface area contributed by atoms with Crippen molar-refractivity contribution in [3.8, 4) is 11.5 Å². The summed E-state index contributed by atoms with van der Waals surface area (Å²) in [7, 11) is -0.533. The van der Waals surface area contributed by atoms with Crippen molar-refractivity contribution >= 4 is 18.4 Å². The molecule has 0 spiro atoms. The summed E-state index contributed by atoms with van der Waals surface area (Å²) in [5.74, 6) is 3.27. The number of rotatable bonds is 3. The predicted molar refractivity (Wildman–Crippen MR) is 97.3 cm³/mol. The Morgan fingerprint density at radius 2 is 1.32 bits per heavy atom. The molecular formula is C20H24OSi. The van der Waals surface area contributed by atoms with E-state index in [1.165, 1.54) is 10.4 Å². The van der Waals surface area contributed by atoms with Crippen LogP contribution in [0.1, 0.15) is 20.8 Å². The van der Waals surface area contributed by atoms with Crippen molar-refractivity contribution in [3.63, 3.8) is 0 Å². The summed E-state index contributed by atoms with van der Waals surface area (Å²) in [6.45, 7) is 7.40. The molecule has 2 rings (SSSR count). The zero-order valence-corrected chi connectivity index (χ0v) is 14.9. The van der Waals surface area contributed by atoms with E-state index in [2.05, 4.69) is 92.9 Å². The van der Waals surface area contributed by atoms with Crippen LogP contribution >= 0.6 is 0 Å². The minimum Gasteiger partial charge on any atom is -0.372 e. The lowest BCUT2D eigenvalue weighted by Gasteiger charge is -2.39. The Labute approximate surface area is 135 Å². The number of benzene rings is 2. The standard InChI is InChI=1S/C20H24OSi/c1-20(2,3)22(17-11-16-21-4,18-12-7-5-8-13-18)19-14-9-6-10-15-19/h5-10,12-15H,16H2,1-4H3. The summed E-state index contributed by atoms with van der Waals surface area (Å²) in [6, 6.07) is 21.5. The van der Waals surface area contributed by atoms with Gasteiger partial charge in [0.1, 0.15) is 6.61 Å². The second kappa shape index (κ2) is 6.96. The van der Waals surface area contributed by atoms with Crippen molar-refractivity contribution in [1.82, 2.24) is 0 Å². The van der Waals surface area contributed by atoms with Crippen molar-refractivity contribution in [2.45, 2.75) is 25.8 Å². The van der Waals surface area contributed by atoms with Crippen LogP contribution in [0.5, 0.6) is 0 Å². The zero-order chi connectivity index (χ0) is 16.1. The fourth-order valence-corrected chi connectivity index (χ4v) is 7.43. The molecule has 2 heteroatoms. The molecule has 0 amide bonds. The van der Waals surface area contributed by atoms with Crippen LogP contribution in [-0.2, 0) is 4.74 Å². The molecule has 0 bridgehead atoms. The smallest absolute Gasteiger partial charge is 0.204 e. The first-order valence-corrected chi connectivity index (χ1v) is 9.62. The lowest BCUT2D eigenvalue weighted by atomic mass is 10.2. The van der Waals surface area contributed by atoms with Crippen LogP contribution in [0.4, 0.5) is 0 Å². The van der Waals surface area contributed by atoms with Gasteiger partial charge < -0.3 is 4.74 Å². The fourth-order valence-electron chi connectivity index (χ4n) is 2.98. The molecule has 0 aromatic heterocycles. The second-order valence-electron chi connectivity index (χ2n) is 6.47. The quantitative estimate of drug-likeness (QED) is 0.625.